The van der Waals surface area contributed by atoms with Gasteiger partial charge in [0.2, 0.25) is 0 Å². The molecule has 0 bridgehead atoms. The number of ether oxygens (including phenoxy) is 1. The lowest BCUT2D eigenvalue weighted by Gasteiger charge is -2.11. The smallest absolute Gasteiger partial charge is 0.339 e. The van der Waals surface area contributed by atoms with Crippen molar-refractivity contribution >= 4 is 51.8 Å². The number of pyridine rings is 2. The third kappa shape index (κ3) is 4.85. The predicted octanol–water partition coefficient (Wildman–Crippen LogP) is 5.54. The zero-order valence-corrected chi connectivity index (χ0v) is 17.8. The lowest BCUT2D eigenvalue weighted by molar-refractivity contribution is -0.119. The molecule has 0 spiro atoms. The highest BCUT2D eigenvalue weighted by Gasteiger charge is 2.17. The Morgan fingerprint density at radius 2 is 1.78 bits per heavy atom. The number of anilines is 1. The van der Waals surface area contributed by atoms with Gasteiger partial charge in [0.25, 0.3) is 5.91 Å². The van der Waals surface area contributed by atoms with E-state index in [2.05, 4.69) is 15.3 Å². The Labute approximate surface area is 192 Å². The van der Waals surface area contributed by atoms with Crippen LogP contribution in [0.25, 0.3) is 22.2 Å². The van der Waals surface area contributed by atoms with Gasteiger partial charge in [-0.1, -0.05) is 41.4 Å². The van der Waals surface area contributed by atoms with Crippen molar-refractivity contribution in [2.45, 2.75) is 0 Å². The quantitative estimate of drug-likeness (QED) is 0.388. The zero-order valence-electron chi connectivity index (χ0n) is 16.3. The number of nitrogens with zero attached hydrogens (tertiary/aromatic N) is 2. The third-order valence-electron chi connectivity index (χ3n) is 4.48. The van der Waals surface area contributed by atoms with Crippen LogP contribution in [0.3, 0.4) is 0 Å². The Morgan fingerprint density at radius 1 is 1.03 bits per heavy atom. The maximum absolute atomic E-state index is 13.3. The molecule has 0 radical (unpaired) electrons. The number of carbonyl (C=O) groups excluding carboxylic acids is 2. The molecule has 160 valence electrons. The van der Waals surface area contributed by atoms with Crippen LogP contribution >= 0.6 is 23.2 Å². The van der Waals surface area contributed by atoms with E-state index >= 15 is 0 Å². The first-order valence-electron chi connectivity index (χ1n) is 9.34. The molecule has 4 rings (SSSR count). The van der Waals surface area contributed by atoms with Crippen LogP contribution < -0.4 is 5.32 Å². The molecule has 0 unspecified atom stereocenters. The van der Waals surface area contributed by atoms with Gasteiger partial charge in [-0.3, -0.25) is 4.79 Å². The number of halogens is 3. The molecule has 9 heteroatoms. The third-order valence-corrected chi connectivity index (χ3v) is 4.97. The van der Waals surface area contributed by atoms with Gasteiger partial charge in [0.15, 0.2) is 12.4 Å². The first-order valence-corrected chi connectivity index (χ1v) is 10.1. The molecule has 1 N–H and O–H groups in total. The summed E-state index contributed by atoms with van der Waals surface area (Å²) in [7, 11) is 0. The number of para-hydroxylation sites is 1. The molecule has 0 aliphatic rings. The normalized spacial score (nSPS) is 10.7. The van der Waals surface area contributed by atoms with Crippen LogP contribution in [0.5, 0.6) is 0 Å². The summed E-state index contributed by atoms with van der Waals surface area (Å²) in [4.78, 5) is 33.5. The number of esters is 1. The summed E-state index contributed by atoms with van der Waals surface area (Å²) in [5.74, 6) is -1.61. The standard InChI is InChI=1S/C23H14Cl2FN3O3/c24-14-9-18(25)22(27-11-14)29-21(30)12-32-23(31)17-10-20(13-5-7-15(26)8-6-13)28-19-4-2-1-3-16(17)19/h1-11H,12H2,(H,27,29,30). The lowest BCUT2D eigenvalue weighted by Crippen LogP contribution is -2.21. The Kier molecular flexibility index (Phi) is 6.30. The van der Waals surface area contributed by atoms with E-state index in [1.165, 1.54) is 24.4 Å². The lowest BCUT2D eigenvalue weighted by atomic mass is 10.0. The van der Waals surface area contributed by atoms with Crippen molar-refractivity contribution in [3.63, 3.8) is 0 Å². The minimum absolute atomic E-state index is 0.102. The Morgan fingerprint density at radius 3 is 2.53 bits per heavy atom. The molecule has 0 saturated heterocycles. The number of aromatic nitrogens is 2. The average Bonchev–Trinajstić information content (AvgIpc) is 2.79. The monoisotopic (exact) mass is 469 g/mol. The molecule has 0 aliphatic heterocycles. The fraction of sp³-hybridized carbons (Fsp3) is 0.0435. The van der Waals surface area contributed by atoms with Crippen LogP contribution in [0.1, 0.15) is 10.4 Å². The summed E-state index contributed by atoms with van der Waals surface area (Å²) in [6, 6.07) is 15.8. The van der Waals surface area contributed by atoms with E-state index in [0.29, 0.717) is 27.2 Å². The van der Waals surface area contributed by atoms with Gasteiger partial charge in [-0.15, -0.1) is 0 Å². The SMILES string of the molecule is O=C(COC(=O)c1cc(-c2ccc(F)cc2)nc2ccccc12)Nc1ncc(Cl)cc1Cl. The molecule has 1 amide bonds. The molecule has 32 heavy (non-hydrogen) atoms. The van der Waals surface area contributed by atoms with Crippen molar-refractivity contribution in [3.8, 4) is 11.3 Å². The second-order valence-corrected chi connectivity index (χ2v) is 7.53. The fourth-order valence-corrected chi connectivity index (χ4v) is 3.42. The van der Waals surface area contributed by atoms with E-state index in [9.17, 15) is 14.0 Å². The first kappa shape index (κ1) is 21.7. The number of amides is 1. The van der Waals surface area contributed by atoms with Gasteiger partial charge in [-0.05, 0) is 42.5 Å². The van der Waals surface area contributed by atoms with Gasteiger partial charge in [0.1, 0.15) is 5.82 Å². The van der Waals surface area contributed by atoms with Crippen molar-refractivity contribution in [2.75, 3.05) is 11.9 Å². The number of hydrogen-bond acceptors (Lipinski definition) is 5. The van der Waals surface area contributed by atoms with E-state index in [1.807, 2.05) is 0 Å². The average molecular weight is 470 g/mol. The highest BCUT2D eigenvalue weighted by atomic mass is 35.5. The molecule has 0 saturated carbocycles. The van der Waals surface area contributed by atoms with Crippen LogP contribution in [-0.4, -0.2) is 28.5 Å². The summed E-state index contributed by atoms with van der Waals surface area (Å²) in [6.07, 6.45) is 1.33. The summed E-state index contributed by atoms with van der Waals surface area (Å²) in [6.45, 7) is -0.554. The van der Waals surface area contributed by atoms with Crippen molar-refractivity contribution in [1.29, 1.82) is 0 Å². The predicted molar refractivity (Wildman–Crippen MR) is 120 cm³/mol. The Bertz CT molecular complexity index is 1330. The largest absolute Gasteiger partial charge is 0.452 e. The summed E-state index contributed by atoms with van der Waals surface area (Å²) in [5, 5.41) is 3.49. The topological polar surface area (TPSA) is 81.2 Å². The Balaban J connectivity index is 1.56. The van der Waals surface area contributed by atoms with E-state index in [4.69, 9.17) is 27.9 Å². The van der Waals surface area contributed by atoms with Crippen molar-refractivity contribution < 1.29 is 18.7 Å². The fourth-order valence-electron chi connectivity index (χ4n) is 3.00. The van der Waals surface area contributed by atoms with E-state index in [0.717, 1.165) is 0 Å². The van der Waals surface area contributed by atoms with Gasteiger partial charge in [-0.25, -0.2) is 19.2 Å². The zero-order chi connectivity index (χ0) is 22.7. The van der Waals surface area contributed by atoms with Gasteiger partial charge in [-0.2, -0.15) is 0 Å². The van der Waals surface area contributed by atoms with Gasteiger partial charge in [0, 0.05) is 17.1 Å². The number of carbonyl (C=O) groups is 2. The van der Waals surface area contributed by atoms with E-state index < -0.39 is 18.5 Å². The minimum Gasteiger partial charge on any atom is -0.452 e. The second kappa shape index (κ2) is 9.30. The van der Waals surface area contributed by atoms with Crippen LogP contribution in [0, 0.1) is 5.82 Å². The second-order valence-electron chi connectivity index (χ2n) is 6.69. The van der Waals surface area contributed by atoms with E-state index in [-0.39, 0.29) is 22.2 Å². The molecule has 4 aromatic rings. The summed E-state index contributed by atoms with van der Waals surface area (Å²) < 4.78 is 18.5. The highest BCUT2D eigenvalue weighted by Crippen LogP contribution is 2.26. The maximum atomic E-state index is 13.3. The van der Waals surface area contributed by atoms with Crippen LogP contribution in [0.2, 0.25) is 10.0 Å². The van der Waals surface area contributed by atoms with Crippen molar-refractivity contribution in [1.82, 2.24) is 9.97 Å². The van der Waals surface area contributed by atoms with Crippen LogP contribution in [-0.2, 0) is 9.53 Å². The molecule has 2 aromatic carbocycles. The number of nitrogens with one attached hydrogen (secondary N) is 1. The molecule has 0 fully saturated rings. The molecule has 2 aromatic heterocycles. The first-order chi connectivity index (χ1) is 15.4. The van der Waals surface area contributed by atoms with Crippen LogP contribution in [0.15, 0.2) is 66.9 Å². The Hall–Kier alpha value is -3.55. The number of hydrogen-bond donors (Lipinski definition) is 1. The molecule has 6 nitrogen and oxygen atoms in total. The molecular formula is C23H14Cl2FN3O3. The summed E-state index contributed by atoms with van der Waals surface area (Å²) >= 11 is 11.8. The summed E-state index contributed by atoms with van der Waals surface area (Å²) in [5.41, 5.74) is 1.89. The molecule has 0 aliphatic carbocycles. The van der Waals surface area contributed by atoms with E-state index in [1.54, 1.807) is 42.5 Å². The maximum Gasteiger partial charge on any atom is 0.339 e. The number of fused-ring (bicyclic) bond motifs is 1. The molecule has 0 atom stereocenters. The number of benzene rings is 2. The van der Waals surface area contributed by atoms with Crippen molar-refractivity contribution in [3.05, 3.63) is 88.3 Å². The van der Waals surface area contributed by atoms with Gasteiger partial charge < -0.3 is 10.1 Å². The number of rotatable bonds is 5. The highest BCUT2D eigenvalue weighted by molar-refractivity contribution is 6.36. The molecular weight excluding hydrogens is 456 g/mol. The molecule has 2 heterocycles. The van der Waals surface area contributed by atoms with Crippen molar-refractivity contribution in [2.24, 2.45) is 0 Å². The van der Waals surface area contributed by atoms with Crippen LogP contribution in [0.4, 0.5) is 10.2 Å². The minimum atomic E-state index is -0.711. The van der Waals surface area contributed by atoms with Gasteiger partial charge in [0.05, 0.1) is 26.8 Å². The van der Waals surface area contributed by atoms with Gasteiger partial charge >= 0.3 is 5.97 Å².